The van der Waals surface area contributed by atoms with Gasteiger partial charge in [0.2, 0.25) is 10.0 Å². The van der Waals surface area contributed by atoms with E-state index < -0.39 is 55.9 Å². The van der Waals surface area contributed by atoms with Gasteiger partial charge in [-0.2, -0.15) is 13.2 Å². The van der Waals surface area contributed by atoms with E-state index in [-0.39, 0.29) is 11.1 Å². The molecule has 0 fully saturated rings. The fourth-order valence-corrected chi connectivity index (χ4v) is 4.67. The van der Waals surface area contributed by atoms with E-state index in [1.54, 1.807) is 30.3 Å². The molecule has 31 heavy (non-hydrogen) atoms. The van der Waals surface area contributed by atoms with Crippen LogP contribution in [-0.2, 0) is 22.0 Å². The van der Waals surface area contributed by atoms with Gasteiger partial charge in [0.1, 0.15) is 0 Å². The molecule has 0 bridgehead atoms. The summed E-state index contributed by atoms with van der Waals surface area (Å²) in [6, 6.07) is 14.9. The Labute approximate surface area is 175 Å². The first-order chi connectivity index (χ1) is 14.6. The second kappa shape index (κ2) is 7.35. The molecule has 0 unspecified atom stereocenters. The van der Waals surface area contributed by atoms with Crippen LogP contribution in [0.5, 0.6) is 0 Å². The van der Waals surface area contributed by atoms with E-state index in [4.69, 9.17) is 0 Å². The summed E-state index contributed by atoms with van der Waals surface area (Å²) in [4.78, 5) is 25.9. The number of anilines is 1. The van der Waals surface area contributed by atoms with Gasteiger partial charge in [-0.3, -0.25) is 14.3 Å². The van der Waals surface area contributed by atoms with Crippen LogP contribution in [0.25, 0.3) is 0 Å². The summed E-state index contributed by atoms with van der Waals surface area (Å²) in [6.45, 7) is 0. The Morgan fingerprint density at radius 1 is 0.774 bits per heavy atom. The SMILES string of the molecule is O=C1c2ccccc2C(=O)c2c(NS(=O)(=O)Cc3ccccc3)cc(C(F)(F)F)cc21. The first kappa shape index (κ1) is 20.8. The normalized spacial score (nSPS) is 13.5. The molecule has 3 aromatic rings. The quantitative estimate of drug-likeness (QED) is 0.504. The number of alkyl halides is 3. The molecule has 0 saturated carbocycles. The summed E-state index contributed by atoms with van der Waals surface area (Å²) < 4.78 is 67.8. The molecule has 1 aliphatic carbocycles. The number of nitrogens with one attached hydrogen (secondary N) is 1. The summed E-state index contributed by atoms with van der Waals surface area (Å²) in [5.74, 6) is -2.02. The number of hydrogen-bond donors (Lipinski definition) is 1. The van der Waals surface area contributed by atoms with Gasteiger partial charge in [0, 0.05) is 16.7 Å². The molecule has 1 aliphatic rings. The Balaban J connectivity index is 1.86. The Hall–Kier alpha value is -3.46. The second-order valence-electron chi connectivity index (χ2n) is 6.99. The number of carbonyl (C=O) groups is 2. The Morgan fingerprint density at radius 2 is 1.35 bits per heavy atom. The first-order valence-electron chi connectivity index (χ1n) is 9.05. The Kier molecular flexibility index (Phi) is 4.93. The number of fused-ring (bicyclic) bond motifs is 2. The highest BCUT2D eigenvalue weighted by atomic mass is 32.2. The first-order valence-corrected chi connectivity index (χ1v) is 10.7. The molecule has 0 heterocycles. The van der Waals surface area contributed by atoms with Crippen molar-refractivity contribution in [1.29, 1.82) is 0 Å². The minimum Gasteiger partial charge on any atom is -0.289 e. The summed E-state index contributed by atoms with van der Waals surface area (Å²) in [5.41, 5.74) is -2.31. The molecule has 0 spiro atoms. The van der Waals surface area contributed by atoms with Crippen molar-refractivity contribution < 1.29 is 31.2 Å². The van der Waals surface area contributed by atoms with Crippen LogP contribution in [0.1, 0.15) is 43.0 Å². The van der Waals surface area contributed by atoms with Gasteiger partial charge < -0.3 is 0 Å². The third kappa shape index (κ3) is 3.96. The van der Waals surface area contributed by atoms with Crippen molar-refractivity contribution in [3.8, 4) is 0 Å². The highest BCUT2D eigenvalue weighted by molar-refractivity contribution is 7.91. The molecule has 0 atom stereocenters. The summed E-state index contributed by atoms with van der Waals surface area (Å²) in [7, 11) is -4.18. The van der Waals surface area contributed by atoms with Crippen LogP contribution in [0.3, 0.4) is 0 Å². The summed E-state index contributed by atoms with van der Waals surface area (Å²) in [6.07, 6.45) is -4.85. The molecule has 9 heteroatoms. The smallest absolute Gasteiger partial charge is 0.289 e. The topological polar surface area (TPSA) is 80.3 Å². The maximum Gasteiger partial charge on any atom is 0.416 e. The fraction of sp³-hybridized carbons (Fsp3) is 0.0909. The van der Waals surface area contributed by atoms with Crippen LogP contribution in [-0.4, -0.2) is 20.0 Å². The lowest BCUT2D eigenvalue weighted by molar-refractivity contribution is -0.137. The van der Waals surface area contributed by atoms with Crippen LogP contribution in [0.4, 0.5) is 18.9 Å². The van der Waals surface area contributed by atoms with E-state index in [1.807, 2.05) is 0 Å². The maximum atomic E-state index is 13.5. The van der Waals surface area contributed by atoms with Gasteiger partial charge in [0.25, 0.3) is 0 Å². The van der Waals surface area contributed by atoms with Gasteiger partial charge in [-0.15, -0.1) is 0 Å². The fourth-order valence-electron chi connectivity index (χ4n) is 3.47. The van der Waals surface area contributed by atoms with Crippen molar-refractivity contribution in [2.75, 3.05) is 4.72 Å². The molecule has 0 aromatic heterocycles. The maximum absolute atomic E-state index is 13.5. The minimum atomic E-state index is -4.85. The van der Waals surface area contributed by atoms with Crippen LogP contribution < -0.4 is 4.72 Å². The number of carbonyl (C=O) groups excluding carboxylic acids is 2. The minimum absolute atomic E-state index is 0.00302. The van der Waals surface area contributed by atoms with E-state index in [1.165, 1.54) is 24.3 Å². The highest BCUT2D eigenvalue weighted by Gasteiger charge is 2.38. The van der Waals surface area contributed by atoms with Crippen LogP contribution in [0.15, 0.2) is 66.7 Å². The van der Waals surface area contributed by atoms with Crippen molar-refractivity contribution in [3.05, 3.63) is 100 Å². The average molecular weight is 445 g/mol. The molecule has 3 aromatic carbocycles. The predicted molar refractivity (Wildman–Crippen MR) is 107 cm³/mol. The van der Waals surface area contributed by atoms with Gasteiger partial charge in [0.05, 0.1) is 22.6 Å². The van der Waals surface area contributed by atoms with Gasteiger partial charge in [-0.05, 0) is 17.7 Å². The zero-order valence-corrected chi connectivity index (χ0v) is 16.5. The molecule has 0 aliphatic heterocycles. The number of hydrogen-bond acceptors (Lipinski definition) is 4. The molecule has 0 saturated heterocycles. The average Bonchev–Trinajstić information content (AvgIpc) is 2.71. The highest BCUT2D eigenvalue weighted by Crippen LogP contribution is 2.38. The van der Waals surface area contributed by atoms with Crippen molar-refractivity contribution in [3.63, 3.8) is 0 Å². The lowest BCUT2D eigenvalue weighted by Gasteiger charge is -2.22. The number of benzene rings is 3. The number of ketones is 2. The summed E-state index contributed by atoms with van der Waals surface area (Å²) in [5, 5.41) is 0. The molecular formula is C22H14F3NO4S. The van der Waals surface area contributed by atoms with E-state index in [0.717, 1.165) is 0 Å². The zero-order valence-electron chi connectivity index (χ0n) is 15.7. The van der Waals surface area contributed by atoms with Crippen LogP contribution in [0.2, 0.25) is 0 Å². The van der Waals surface area contributed by atoms with Gasteiger partial charge in [0.15, 0.2) is 11.6 Å². The third-order valence-electron chi connectivity index (χ3n) is 4.82. The van der Waals surface area contributed by atoms with E-state index >= 15 is 0 Å². The molecule has 5 nitrogen and oxygen atoms in total. The van der Waals surface area contributed by atoms with Crippen LogP contribution in [0, 0.1) is 0 Å². The number of sulfonamides is 1. The lowest BCUT2D eigenvalue weighted by Crippen LogP contribution is -2.25. The molecule has 4 rings (SSSR count). The van der Waals surface area contributed by atoms with Crippen LogP contribution >= 0.6 is 0 Å². The lowest BCUT2D eigenvalue weighted by atomic mass is 9.82. The molecule has 1 N–H and O–H groups in total. The summed E-state index contributed by atoms with van der Waals surface area (Å²) >= 11 is 0. The molecule has 0 radical (unpaired) electrons. The van der Waals surface area contributed by atoms with E-state index in [9.17, 15) is 31.2 Å². The standard InChI is InChI=1S/C22H14F3NO4S/c23-22(24,25)14-10-17-19(21(28)16-9-5-4-8-15(16)20(17)27)18(11-14)26-31(29,30)12-13-6-2-1-3-7-13/h1-11,26H,12H2. The van der Waals surface area contributed by atoms with Gasteiger partial charge >= 0.3 is 6.18 Å². The third-order valence-corrected chi connectivity index (χ3v) is 6.06. The number of halogens is 3. The number of rotatable bonds is 4. The van der Waals surface area contributed by atoms with Crippen molar-refractivity contribution in [1.82, 2.24) is 0 Å². The van der Waals surface area contributed by atoms with Crippen molar-refractivity contribution >= 4 is 27.3 Å². The van der Waals surface area contributed by atoms with Crippen molar-refractivity contribution in [2.45, 2.75) is 11.9 Å². The molecular weight excluding hydrogens is 431 g/mol. The predicted octanol–water partition coefficient (Wildman–Crippen LogP) is 4.42. The molecule has 158 valence electrons. The largest absolute Gasteiger partial charge is 0.416 e. The van der Waals surface area contributed by atoms with Crippen molar-refractivity contribution in [2.24, 2.45) is 0 Å². The Morgan fingerprint density at radius 3 is 1.97 bits per heavy atom. The van der Waals surface area contributed by atoms with Gasteiger partial charge in [-0.1, -0.05) is 54.6 Å². The zero-order chi connectivity index (χ0) is 22.4. The monoisotopic (exact) mass is 445 g/mol. The Bertz CT molecular complexity index is 1320. The van der Waals surface area contributed by atoms with E-state index in [2.05, 4.69) is 4.72 Å². The van der Waals surface area contributed by atoms with E-state index in [0.29, 0.717) is 17.7 Å². The molecule has 0 amide bonds. The van der Waals surface area contributed by atoms with Gasteiger partial charge in [-0.25, -0.2) is 8.42 Å². The second-order valence-corrected chi connectivity index (χ2v) is 8.72.